The van der Waals surface area contributed by atoms with Crippen molar-refractivity contribution in [2.45, 2.75) is 29.1 Å². The standard InChI is InChI=1S/C24H26N4O4S2/c1-17-15-22(19-7-4-3-5-8-19)27-24(25-17)33-18(2)23(29)26-20-9-6-10-21(16-20)34(30,31)28-11-13-32-14-12-28/h3-10,15-16,18H,11-14H2,1-2H3,(H,26,29)/t18-/m1/s1. The summed E-state index contributed by atoms with van der Waals surface area (Å²) in [5.41, 5.74) is 3.00. The van der Waals surface area contributed by atoms with Gasteiger partial charge in [0.25, 0.3) is 0 Å². The minimum Gasteiger partial charge on any atom is -0.379 e. The van der Waals surface area contributed by atoms with E-state index in [0.29, 0.717) is 37.1 Å². The molecule has 0 aliphatic carbocycles. The van der Waals surface area contributed by atoms with Gasteiger partial charge in [-0.15, -0.1) is 0 Å². The number of benzene rings is 2. The molecule has 1 N–H and O–H groups in total. The van der Waals surface area contributed by atoms with E-state index in [4.69, 9.17) is 4.74 Å². The number of morpholine rings is 1. The Balaban J connectivity index is 1.45. The Morgan fingerprint density at radius 3 is 2.53 bits per heavy atom. The molecular formula is C24H26N4O4S2. The van der Waals surface area contributed by atoms with Crippen molar-refractivity contribution in [3.8, 4) is 11.3 Å². The summed E-state index contributed by atoms with van der Waals surface area (Å²) in [6, 6.07) is 18.0. The lowest BCUT2D eigenvalue weighted by molar-refractivity contribution is -0.115. The van der Waals surface area contributed by atoms with Crippen LogP contribution in [0.3, 0.4) is 0 Å². The number of anilines is 1. The third-order valence-corrected chi connectivity index (χ3v) is 8.12. The second kappa shape index (κ2) is 10.6. The Morgan fingerprint density at radius 2 is 1.79 bits per heavy atom. The van der Waals surface area contributed by atoms with Crippen LogP contribution in [-0.4, -0.2) is 60.2 Å². The zero-order valence-corrected chi connectivity index (χ0v) is 20.6. The molecule has 1 atom stereocenters. The van der Waals surface area contributed by atoms with E-state index in [9.17, 15) is 13.2 Å². The monoisotopic (exact) mass is 498 g/mol. The van der Waals surface area contributed by atoms with Crippen molar-refractivity contribution in [1.82, 2.24) is 14.3 Å². The maximum Gasteiger partial charge on any atom is 0.243 e. The summed E-state index contributed by atoms with van der Waals surface area (Å²) in [5, 5.41) is 2.82. The van der Waals surface area contributed by atoms with Gasteiger partial charge in [-0.2, -0.15) is 4.31 Å². The zero-order chi connectivity index (χ0) is 24.1. The van der Waals surface area contributed by atoms with Gasteiger partial charge in [-0.1, -0.05) is 48.2 Å². The molecule has 1 aliphatic heterocycles. The lowest BCUT2D eigenvalue weighted by Crippen LogP contribution is -2.40. The van der Waals surface area contributed by atoms with E-state index in [2.05, 4.69) is 15.3 Å². The number of carbonyl (C=O) groups is 1. The quantitative estimate of drug-likeness (QED) is 0.392. The predicted molar refractivity (Wildman–Crippen MR) is 132 cm³/mol. The number of hydrogen-bond acceptors (Lipinski definition) is 7. The van der Waals surface area contributed by atoms with Crippen LogP contribution in [-0.2, 0) is 19.6 Å². The van der Waals surface area contributed by atoms with Gasteiger partial charge >= 0.3 is 0 Å². The van der Waals surface area contributed by atoms with Gasteiger partial charge in [0.2, 0.25) is 15.9 Å². The first-order chi connectivity index (χ1) is 16.3. The molecule has 1 saturated heterocycles. The molecule has 4 rings (SSSR count). The highest BCUT2D eigenvalue weighted by Gasteiger charge is 2.26. The molecule has 0 radical (unpaired) electrons. The first-order valence-electron chi connectivity index (χ1n) is 10.9. The SMILES string of the molecule is Cc1cc(-c2ccccc2)nc(S[C@H](C)C(=O)Nc2cccc(S(=O)(=O)N3CCOCC3)c2)n1. The van der Waals surface area contributed by atoms with Crippen molar-refractivity contribution < 1.29 is 17.9 Å². The number of carbonyl (C=O) groups excluding carboxylic acids is 1. The van der Waals surface area contributed by atoms with Gasteiger partial charge in [-0.25, -0.2) is 18.4 Å². The van der Waals surface area contributed by atoms with Gasteiger partial charge in [0.15, 0.2) is 5.16 Å². The number of nitrogens with zero attached hydrogens (tertiary/aromatic N) is 3. The highest BCUT2D eigenvalue weighted by Crippen LogP contribution is 2.26. The minimum absolute atomic E-state index is 0.141. The highest BCUT2D eigenvalue weighted by molar-refractivity contribution is 8.00. The van der Waals surface area contributed by atoms with E-state index >= 15 is 0 Å². The Hall–Kier alpha value is -2.79. The van der Waals surface area contributed by atoms with E-state index in [1.807, 2.05) is 43.3 Å². The smallest absolute Gasteiger partial charge is 0.243 e. The second-order valence-electron chi connectivity index (χ2n) is 7.84. The largest absolute Gasteiger partial charge is 0.379 e. The van der Waals surface area contributed by atoms with Crippen LogP contribution in [0.4, 0.5) is 5.69 Å². The molecule has 0 unspecified atom stereocenters. The molecule has 0 saturated carbocycles. The van der Waals surface area contributed by atoms with E-state index in [0.717, 1.165) is 17.0 Å². The third-order valence-electron chi connectivity index (χ3n) is 5.26. The molecule has 1 aromatic heterocycles. The summed E-state index contributed by atoms with van der Waals surface area (Å²) in [5.74, 6) is -0.266. The third kappa shape index (κ3) is 5.82. The molecule has 2 aromatic carbocycles. The fourth-order valence-corrected chi connectivity index (χ4v) is 5.76. The molecule has 0 bridgehead atoms. The number of aryl methyl sites for hydroxylation is 1. The second-order valence-corrected chi connectivity index (χ2v) is 11.1. The molecule has 178 valence electrons. The fourth-order valence-electron chi connectivity index (χ4n) is 3.48. The Morgan fingerprint density at radius 1 is 1.06 bits per heavy atom. The number of ether oxygens (including phenoxy) is 1. The molecule has 2 heterocycles. The maximum atomic E-state index is 12.9. The Bertz CT molecular complexity index is 1260. The molecule has 10 heteroatoms. The van der Waals surface area contributed by atoms with Gasteiger partial charge in [0, 0.05) is 30.0 Å². The van der Waals surface area contributed by atoms with Crippen LogP contribution in [0.25, 0.3) is 11.3 Å². The number of rotatable bonds is 7. The van der Waals surface area contributed by atoms with Gasteiger partial charge in [-0.3, -0.25) is 4.79 Å². The lowest BCUT2D eigenvalue weighted by Gasteiger charge is -2.26. The van der Waals surface area contributed by atoms with Crippen LogP contribution in [0.1, 0.15) is 12.6 Å². The molecular weight excluding hydrogens is 472 g/mol. The van der Waals surface area contributed by atoms with Crippen molar-refractivity contribution >= 4 is 33.4 Å². The molecule has 1 fully saturated rings. The van der Waals surface area contributed by atoms with E-state index in [-0.39, 0.29) is 10.8 Å². The Labute approximate surface area is 203 Å². The summed E-state index contributed by atoms with van der Waals surface area (Å²) < 4.78 is 32.5. The average Bonchev–Trinajstić information content (AvgIpc) is 2.85. The fraction of sp³-hybridized carbons (Fsp3) is 0.292. The van der Waals surface area contributed by atoms with Crippen molar-refractivity contribution in [2.75, 3.05) is 31.6 Å². The van der Waals surface area contributed by atoms with Crippen molar-refractivity contribution in [1.29, 1.82) is 0 Å². The Kier molecular flexibility index (Phi) is 7.62. The van der Waals surface area contributed by atoms with Crippen LogP contribution in [0, 0.1) is 6.92 Å². The lowest BCUT2D eigenvalue weighted by atomic mass is 10.1. The highest BCUT2D eigenvalue weighted by atomic mass is 32.2. The van der Waals surface area contributed by atoms with Crippen molar-refractivity contribution in [2.24, 2.45) is 0 Å². The van der Waals surface area contributed by atoms with Crippen LogP contribution in [0.5, 0.6) is 0 Å². The minimum atomic E-state index is -3.65. The van der Waals surface area contributed by atoms with E-state index < -0.39 is 15.3 Å². The summed E-state index contributed by atoms with van der Waals surface area (Å²) in [6.07, 6.45) is 0. The molecule has 0 spiro atoms. The molecule has 8 nitrogen and oxygen atoms in total. The summed E-state index contributed by atoms with van der Waals surface area (Å²) >= 11 is 1.25. The normalized spacial score (nSPS) is 15.6. The zero-order valence-electron chi connectivity index (χ0n) is 19.0. The predicted octanol–water partition coefficient (Wildman–Crippen LogP) is 3.59. The summed E-state index contributed by atoms with van der Waals surface area (Å²) in [4.78, 5) is 22.1. The first kappa shape index (κ1) is 24.3. The van der Waals surface area contributed by atoms with Gasteiger partial charge in [0.05, 0.1) is 29.1 Å². The number of hydrogen-bond donors (Lipinski definition) is 1. The average molecular weight is 499 g/mol. The van der Waals surface area contributed by atoms with E-state index in [1.54, 1.807) is 19.1 Å². The van der Waals surface area contributed by atoms with Crippen LogP contribution in [0.2, 0.25) is 0 Å². The first-order valence-corrected chi connectivity index (χ1v) is 13.2. The van der Waals surface area contributed by atoms with Crippen molar-refractivity contribution in [3.63, 3.8) is 0 Å². The molecule has 3 aromatic rings. The van der Waals surface area contributed by atoms with Gasteiger partial charge in [0.1, 0.15) is 0 Å². The summed E-state index contributed by atoms with van der Waals surface area (Å²) in [6.45, 7) is 5.03. The maximum absolute atomic E-state index is 12.9. The number of aromatic nitrogens is 2. The van der Waals surface area contributed by atoms with E-state index in [1.165, 1.54) is 28.2 Å². The topological polar surface area (TPSA) is 101 Å². The summed E-state index contributed by atoms with van der Waals surface area (Å²) in [7, 11) is -3.65. The molecule has 1 aliphatic rings. The van der Waals surface area contributed by atoms with Gasteiger partial charge in [-0.05, 0) is 38.1 Å². The van der Waals surface area contributed by atoms with Crippen LogP contribution in [0.15, 0.2) is 70.7 Å². The number of sulfonamides is 1. The van der Waals surface area contributed by atoms with Crippen LogP contribution >= 0.6 is 11.8 Å². The van der Waals surface area contributed by atoms with Crippen molar-refractivity contribution in [3.05, 3.63) is 66.4 Å². The molecule has 34 heavy (non-hydrogen) atoms. The van der Waals surface area contributed by atoms with Gasteiger partial charge < -0.3 is 10.1 Å². The molecule has 1 amide bonds. The number of nitrogens with one attached hydrogen (secondary N) is 1. The number of thioether (sulfide) groups is 1. The van der Waals surface area contributed by atoms with Crippen LogP contribution < -0.4 is 5.32 Å². The number of amides is 1.